The first-order valence-corrected chi connectivity index (χ1v) is 9.71. The van der Waals surface area contributed by atoms with Gasteiger partial charge in [-0.3, -0.25) is 9.52 Å². The van der Waals surface area contributed by atoms with Gasteiger partial charge in [0.25, 0.3) is 15.9 Å². The molecule has 1 heterocycles. The third-order valence-electron chi connectivity index (χ3n) is 4.51. The van der Waals surface area contributed by atoms with Crippen LogP contribution in [0.15, 0.2) is 41.3 Å². The standard InChI is InChI=1S/C18H18N2O4S/c21-17-11-24-18-15(19-17)6-3-7-16(18)20-25(22,23)14-9-8-12-4-1-2-5-13(12)10-14/h3,6-10,20H,1-2,4-5,11H2,(H,19,21). The zero-order valence-corrected chi connectivity index (χ0v) is 14.4. The molecular weight excluding hydrogens is 340 g/mol. The Hall–Kier alpha value is -2.54. The van der Waals surface area contributed by atoms with Crippen LogP contribution in [0.3, 0.4) is 0 Å². The van der Waals surface area contributed by atoms with E-state index in [2.05, 4.69) is 10.0 Å². The molecule has 130 valence electrons. The molecule has 7 heteroatoms. The highest BCUT2D eigenvalue weighted by Gasteiger charge is 2.23. The molecule has 0 saturated carbocycles. The van der Waals surface area contributed by atoms with Crippen molar-refractivity contribution in [1.82, 2.24) is 0 Å². The van der Waals surface area contributed by atoms with Gasteiger partial charge in [-0.1, -0.05) is 12.1 Å². The maximum Gasteiger partial charge on any atom is 0.262 e. The number of aryl methyl sites for hydroxylation is 2. The molecule has 0 unspecified atom stereocenters. The van der Waals surface area contributed by atoms with Gasteiger partial charge in [-0.05, 0) is 61.1 Å². The topological polar surface area (TPSA) is 84.5 Å². The van der Waals surface area contributed by atoms with E-state index >= 15 is 0 Å². The van der Waals surface area contributed by atoms with Crippen molar-refractivity contribution in [3.8, 4) is 5.75 Å². The molecule has 0 atom stereocenters. The van der Waals surface area contributed by atoms with Gasteiger partial charge in [0.15, 0.2) is 12.4 Å². The molecule has 2 aromatic rings. The lowest BCUT2D eigenvalue weighted by Gasteiger charge is -2.21. The molecule has 0 bridgehead atoms. The van der Waals surface area contributed by atoms with Crippen molar-refractivity contribution in [2.75, 3.05) is 16.6 Å². The molecule has 1 aliphatic carbocycles. The summed E-state index contributed by atoms with van der Waals surface area (Å²) in [6, 6.07) is 10.3. The summed E-state index contributed by atoms with van der Waals surface area (Å²) in [6.45, 7) is -0.134. The summed E-state index contributed by atoms with van der Waals surface area (Å²) in [5, 5.41) is 2.67. The van der Waals surface area contributed by atoms with Crippen LogP contribution in [-0.2, 0) is 27.7 Å². The Bertz CT molecular complexity index is 954. The minimum Gasteiger partial charge on any atom is -0.479 e. The maximum atomic E-state index is 12.8. The van der Waals surface area contributed by atoms with Crippen LogP contribution in [-0.4, -0.2) is 20.9 Å². The van der Waals surface area contributed by atoms with E-state index in [0.717, 1.165) is 31.2 Å². The summed E-state index contributed by atoms with van der Waals surface area (Å²) in [5.74, 6) is 0.0748. The lowest BCUT2D eigenvalue weighted by atomic mass is 9.92. The molecule has 6 nitrogen and oxygen atoms in total. The molecule has 1 aliphatic heterocycles. The molecule has 2 N–H and O–H groups in total. The molecular formula is C18H18N2O4S. The Kier molecular flexibility index (Phi) is 3.88. The number of carbonyl (C=O) groups is 1. The van der Waals surface area contributed by atoms with Crippen molar-refractivity contribution in [1.29, 1.82) is 0 Å². The van der Waals surface area contributed by atoms with Gasteiger partial charge < -0.3 is 10.1 Å². The van der Waals surface area contributed by atoms with Gasteiger partial charge in [0.05, 0.1) is 16.3 Å². The van der Waals surface area contributed by atoms with E-state index in [1.807, 2.05) is 6.07 Å². The molecule has 2 aromatic carbocycles. The van der Waals surface area contributed by atoms with Crippen molar-refractivity contribution >= 4 is 27.3 Å². The Morgan fingerprint density at radius 2 is 1.84 bits per heavy atom. The van der Waals surface area contributed by atoms with E-state index in [0.29, 0.717) is 17.1 Å². The molecule has 0 aromatic heterocycles. The fourth-order valence-corrected chi connectivity index (χ4v) is 4.39. The zero-order valence-electron chi connectivity index (χ0n) is 13.5. The monoisotopic (exact) mass is 358 g/mol. The number of hydrogen-bond acceptors (Lipinski definition) is 4. The number of amides is 1. The van der Waals surface area contributed by atoms with Crippen molar-refractivity contribution in [2.24, 2.45) is 0 Å². The van der Waals surface area contributed by atoms with E-state index in [1.54, 1.807) is 30.3 Å². The van der Waals surface area contributed by atoms with Crippen LogP contribution in [0.2, 0.25) is 0 Å². The van der Waals surface area contributed by atoms with Gasteiger partial charge >= 0.3 is 0 Å². The second-order valence-electron chi connectivity index (χ2n) is 6.26. The van der Waals surface area contributed by atoms with Crippen molar-refractivity contribution in [2.45, 2.75) is 30.6 Å². The largest absolute Gasteiger partial charge is 0.479 e. The SMILES string of the molecule is O=C1COc2c(cccc2NS(=O)(=O)c2ccc3c(c2)CCCC3)N1. The van der Waals surface area contributed by atoms with Crippen molar-refractivity contribution in [3.63, 3.8) is 0 Å². The molecule has 0 spiro atoms. The quantitative estimate of drug-likeness (QED) is 0.883. The summed E-state index contributed by atoms with van der Waals surface area (Å²) in [6.07, 6.45) is 4.15. The zero-order chi connectivity index (χ0) is 17.4. The van der Waals surface area contributed by atoms with Crippen LogP contribution in [0.1, 0.15) is 24.0 Å². The Balaban J connectivity index is 1.66. The number of fused-ring (bicyclic) bond motifs is 2. The number of sulfonamides is 1. The fraction of sp³-hybridized carbons (Fsp3) is 0.278. The van der Waals surface area contributed by atoms with Gasteiger partial charge in [-0.25, -0.2) is 8.42 Å². The number of nitrogens with one attached hydrogen (secondary N) is 2. The highest BCUT2D eigenvalue weighted by atomic mass is 32.2. The van der Waals surface area contributed by atoms with E-state index in [-0.39, 0.29) is 17.4 Å². The minimum atomic E-state index is -3.74. The first-order chi connectivity index (χ1) is 12.0. The summed E-state index contributed by atoms with van der Waals surface area (Å²) >= 11 is 0. The average Bonchev–Trinajstić information content (AvgIpc) is 2.61. The number of para-hydroxylation sites is 1. The third-order valence-corrected chi connectivity index (χ3v) is 5.87. The average molecular weight is 358 g/mol. The minimum absolute atomic E-state index is 0.134. The summed E-state index contributed by atoms with van der Waals surface area (Å²) < 4.78 is 33.5. The molecule has 25 heavy (non-hydrogen) atoms. The summed E-state index contributed by atoms with van der Waals surface area (Å²) in [5.41, 5.74) is 3.11. The summed E-state index contributed by atoms with van der Waals surface area (Å²) in [4.78, 5) is 11.6. The molecule has 4 rings (SSSR count). The van der Waals surface area contributed by atoms with Crippen LogP contribution < -0.4 is 14.8 Å². The van der Waals surface area contributed by atoms with Crippen LogP contribution in [0, 0.1) is 0 Å². The Morgan fingerprint density at radius 1 is 1.04 bits per heavy atom. The second kappa shape index (κ2) is 6.07. The lowest BCUT2D eigenvalue weighted by molar-refractivity contribution is -0.118. The lowest BCUT2D eigenvalue weighted by Crippen LogP contribution is -2.26. The van der Waals surface area contributed by atoms with E-state index in [4.69, 9.17) is 4.74 Å². The molecule has 1 amide bonds. The molecule has 0 saturated heterocycles. The first-order valence-electron chi connectivity index (χ1n) is 8.23. The highest BCUT2D eigenvalue weighted by molar-refractivity contribution is 7.92. The van der Waals surface area contributed by atoms with Gasteiger partial charge in [0.1, 0.15) is 0 Å². The number of hydrogen-bond donors (Lipinski definition) is 2. The van der Waals surface area contributed by atoms with E-state index < -0.39 is 10.0 Å². The van der Waals surface area contributed by atoms with Gasteiger partial charge in [-0.15, -0.1) is 0 Å². The van der Waals surface area contributed by atoms with E-state index in [9.17, 15) is 13.2 Å². The van der Waals surface area contributed by atoms with Crippen LogP contribution in [0.25, 0.3) is 0 Å². The number of benzene rings is 2. The Labute approximate surface area is 146 Å². The van der Waals surface area contributed by atoms with Crippen LogP contribution in [0.5, 0.6) is 5.75 Å². The smallest absolute Gasteiger partial charge is 0.262 e. The number of ether oxygens (including phenoxy) is 1. The van der Waals surface area contributed by atoms with Crippen molar-refractivity contribution in [3.05, 3.63) is 47.5 Å². The highest BCUT2D eigenvalue weighted by Crippen LogP contribution is 2.36. The predicted octanol–water partition coefficient (Wildman–Crippen LogP) is 2.70. The first kappa shape index (κ1) is 16.0. The van der Waals surface area contributed by atoms with Gasteiger partial charge in [0.2, 0.25) is 0 Å². The van der Waals surface area contributed by atoms with Gasteiger partial charge in [0, 0.05) is 0 Å². The second-order valence-corrected chi connectivity index (χ2v) is 7.94. The van der Waals surface area contributed by atoms with Crippen LogP contribution in [0.4, 0.5) is 11.4 Å². The van der Waals surface area contributed by atoms with Crippen molar-refractivity contribution < 1.29 is 17.9 Å². The number of anilines is 2. The summed E-state index contributed by atoms with van der Waals surface area (Å²) in [7, 11) is -3.74. The fourth-order valence-electron chi connectivity index (χ4n) is 3.28. The number of carbonyl (C=O) groups excluding carboxylic acids is 1. The number of rotatable bonds is 3. The predicted molar refractivity (Wildman–Crippen MR) is 94.5 cm³/mol. The Morgan fingerprint density at radius 3 is 2.68 bits per heavy atom. The molecule has 0 fully saturated rings. The normalized spacial score (nSPS) is 16.2. The molecule has 2 aliphatic rings. The van der Waals surface area contributed by atoms with Gasteiger partial charge in [-0.2, -0.15) is 0 Å². The maximum absolute atomic E-state index is 12.8. The van der Waals surface area contributed by atoms with E-state index in [1.165, 1.54) is 5.56 Å². The third kappa shape index (κ3) is 3.07. The molecule has 0 radical (unpaired) electrons. The van der Waals surface area contributed by atoms with Crippen LogP contribution >= 0.6 is 0 Å².